The molecule has 0 aliphatic carbocycles. The predicted octanol–water partition coefficient (Wildman–Crippen LogP) is 2.95. The molecule has 2 aromatic rings. The van der Waals surface area contributed by atoms with Crippen LogP contribution in [0.2, 0.25) is 0 Å². The number of aliphatic hydroxyl groups is 1. The molecule has 2 heterocycles. The van der Waals surface area contributed by atoms with E-state index in [0.717, 1.165) is 63.2 Å². The Morgan fingerprint density at radius 1 is 1.07 bits per heavy atom. The molecule has 0 atom stereocenters. The summed E-state index contributed by atoms with van der Waals surface area (Å²) in [5.74, 6) is 0.175. The van der Waals surface area contributed by atoms with Crippen LogP contribution >= 0.6 is 0 Å². The van der Waals surface area contributed by atoms with Crippen molar-refractivity contribution in [2.75, 3.05) is 26.2 Å². The van der Waals surface area contributed by atoms with Crippen molar-refractivity contribution in [2.45, 2.75) is 51.9 Å². The minimum atomic E-state index is 0.0175. The van der Waals surface area contributed by atoms with Crippen LogP contribution < -0.4 is 5.32 Å². The standard InChI is InChI=1S/C25H33N3O2/c1-25(2,10-9-19-5-3-6-20(15-19)18-29)28-16-21-7-4-8-22(23(21)17-28)24(30)27-13-11-26-12-14-27/h3-8,15,26,29H,9-14,16-18H2,1-2H3. The fraction of sp³-hybridized carbons (Fsp3) is 0.480. The maximum atomic E-state index is 13.1. The van der Waals surface area contributed by atoms with Gasteiger partial charge in [-0.1, -0.05) is 36.4 Å². The maximum Gasteiger partial charge on any atom is 0.254 e. The molecule has 0 unspecified atom stereocenters. The van der Waals surface area contributed by atoms with E-state index in [1.807, 2.05) is 29.2 Å². The smallest absolute Gasteiger partial charge is 0.254 e. The van der Waals surface area contributed by atoms with Gasteiger partial charge in [0.05, 0.1) is 6.61 Å². The Morgan fingerprint density at radius 3 is 2.57 bits per heavy atom. The molecule has 0 radical (unpaired) electrons. The molecule has 30 heavy (non-hydrogen) atoms. The normalized spacial score (nSPS) is 17.2. The van der Waals surface area contributed by atoms with Crippen LogP contribution in [0.1, 0.15) is 52.9 Å². The number of carbonyl (C=O) groups excluding carboxylic acids is 1. The predicted molar refractivity (Wildman–Crippen MR) is 119 cm³/mol. The highest BCUT2D eigenvalue weighted by Crippen LogP contribution is 2.34. The van der Waals surface area contributed by atoms with Crippen molar-refractivity contribution < 1.29 is 9.90 Å². The lowest BCUT2D eigenvalue weighted by Crippen LogP contribution is -2.46. The van der Waals surface area contributed by atoms with E-state index < -0.39 is 0 Å². The first-order valence-electron chi connectivity index (χ1n) is 11.0. The lowest BCUT2D eigenvalue weighted by molar-refractivity contribution is 0.0731. The fourth-order valence-corrected chi connectivity index (χ4v) is 4.58. The van der Waals surface area contributed by atoms with E-state index >= 15 is 0 Å². The van der Waals surface area contributed by atoms with Crippen molar-refractivity contribution in [1.29, 1.82) is 0 Å². The third-order valence-corrected chi connectivity index (χ3v) is 6.67. The number of aryl methyl sites for hydroxylation is 1. The van der Waals surface area contributed by atoms with Crippen molar-refractivity contribution >= 4 is 5.91 Å². The number of benzene rings is 2. The quantitative estimate of drug-likeness (QED) is 0.773. The molecule has 5 nitrogen and oxygen atoms in total. The molecule has 0 aromatic heterocycles. The number of aliphatic hydroxyl groups excluding tert-OH is 1. The summed E-state index contributed by atoms with van der Waals surface area (Å²) in [6.07, 6.45) is 2.00. The van der Waals surface area contributed by atoms with Crippen LogP contribution in [-0.4, -0.2) is 52.5 Å². The maximum absolute atomic E-state index is 13.1. The van der Waals surface area contributed by atoms with Gasteiger partial charge >= 0.3 is 0 Å². The largest absolute Gasteiger partial charge is 0.392 e. The average Bonchev–Trinajstić information content (AvgIpc) is 3.23. The van der Waals surface area contributed by atoms with Crippen molar-refractivity contribution in [2.24, 2.45) is 0 Å². The monoisotopic (exact) mass is 407 g/mol. The molecule has 1 amide bonds. The van der Waals surface area contributed by atoms with E-state index in [1.54, 1.807) is 0 Å². The first kappa shape index (κ1) is 21.0. The number of piperazine rings is 1. The minimum Gasteiger partial charge on any atom is -0.392 e. The Bertz CT molecular complexity index is 903. The van der Waals surface area contributed by atoms with Gasteiger partial charge in [0.2, 0.25) is 0 Å². The Kier molecular flexibility index (Phi) is 6.23. The molecular formula is C25H33N3O2. The van der Waals surface area contributed by atoms with E-state index in [9.17, 15) is 9.90 Å². The number of hydrogen-bond donors (Lipinski definition) is 2. The topological polar surface area (TPSA) is 55.8 Å². The van der Waals surface area contributed by atoms with E-state index in [0.29, 0.717) is 0 Å². The van der Waals surface area contributed by atoms with Gasteiger partial charge in [0.15, 0.2) is 0 Å². The summed E-state index contributed by atoms with van der Waals surface area (Å²) in [6, 6.07) is 14.4. The molecule has 0 saturated carbocycles. The highest BCUT2D eigenvalue weighted by Gasteiger charge is 2.34. The Hall–Kier alpha value is -2.21. The van der Waals surface area contributed by atoms with Crippen molar-refractivity contribution in [3.05, 3.63) is 70.3 Å². The average molecular weight is 408 g/mol. The number of hydrogen-bond acceptors (Lipinski definition) is 4. The van der Waals surface area contributed by atoms with Gasteiger partial charge in [-0.25, -0.2) is 0 Å². The Labute approximate surface area is 179 Å². The second-order valence-electron chi connectivity index (χ2n) is 9.13. The third-order valence-electron chi connectivity index (χ3n) is 6.67. The second-order valence-corrected chi connectivity index (χ2v) is 9.13. The van der Waals surface area contributed by atoms with Gasteiger partial charge in [0.1, 0.15) is 0 Å². The molecule has 2 aliphatic heterocycles. The highest BCUT2D eigenvalue weighted by molar-refractivity contribution is 5.96. The number of nitrogens with zero attached hydrogens (tertiary/aromatic N) is 2. The Morgan fingerprint density at radius 2 is 1.80 bits per heavy atom. The van der Waals surface area contributed by atoms with E-state index in [4.69, 9.17) is 0 Å². The van der Waals surface area contributed by atoms with Crippen LogP contribution in [0.4, 0.5) is 0 Å². The number of rotatable bonds is 6. The van der Waals surface area contributed by atoms with Crippen LogP contribution in [0.25, 0.3) is 0 Å². The molecule has 0 spiro atoms. The fourth-order valence-electron chi connectivity index (χ4n) is 4.58. The van der Waals surface area contributed by atoms with Crippen molar-refractivity contribution in [1.82, 2.24) is 15.1 Å². The molecule has 160 valence electrons. The minimum absolute atomic E-state index is 0.0175. The summed E-state index contributed by atoms with van der Waals surface area (Å²) in [4.78, 5) is 17.6. The SMILES string of the molecule is CC(C)(CCc1cccc(CO)c1)N1Cc2cccc(C(=O)N3CCNCC3)c2C1. The summed E-state index contributed by atoms with van der Waals surface area (Å²) in [7, 11) is 0. The zero-order chi connectivity index (χ0) is 21.1. The van der Waals surface area contributed by atoms with Crippen molar-refractivity contribution in [3.63, 3.8) is 0 Å². The number of fused-ring (bicyclic) bond motifs is 1. The van der Waals surface area contributed by atoms with Crippen LogP contribution in [0.5, 0.6) is 0 Å². The van der Waals surface area contributed by atoms with E-state index in [-0.39, 0.29) is 18.1 Å². The van der Waals surface area contributed by atoms with Gasteiger partial charge in [-0.3, -0.25) is 9.69 Å². The van der Waals surface area contributed by atoms with E-state index in [2.05, 4.69) is 42.3 Å². The summed E-state index contributed by atoms with van der Waals surface area (Å²) in [6.45, 7) is 9.71. The van der Waals surface area contributed by atoms with Crippen LogP contribution in [-0.2, 0) is 26.1 Å². The van der Waals surface area contributed by atoms with Gasteiger partial charge in [0.25, 0.3) is 5.91 Å². The van der Waals surface area contributed by atoms with Crippen molar-refractivity contribution in [3.8, 4) is 0 Å². The van der Waals surface area contributed by atoms with Gasteiger partial charge in [-0.2, -0.15) is 0 Å². The molecule has 2 N–H and O–H groups in total. The Balaban J connectivity index is 1.46. The third kappa shape index (κ3) is 4.43. The van der Waals surface area contributed by atoms with Gasteiger partial charge in [0, 0.05) is 50.4 Å². The summed E-state index contributed by atoms with van der Waals surface area (Å²) >= 11 is 0. The van der Waals surface area contributed by atoms with Crippen LogP contribution in [0.3, 0.4) is 0 Å². The number of amides is 1. The van der Waals surface area contributed by atoms with Gasteiger partial charge in [-0.05, 0) is 55.0 Å². The first-order valence-corrected chi connectivity index (χ1v) is 11.0. The number of carbonyl (C=O) groups is 1. The lowest BCUT2D eigenvalue weighted by Gasteiger charge is -2.36. The lowest BCUT2D eigenvalue weighted by atomic mass is 9.93. The highest BCUT2D eigenvalue weighted by atomic mass is 16.3. The second kappa shape index (κ2) is 8.88. The molecule has 5 heteroatoms. The van der Waals surface area contributed by atoms with E-state index in [1.165, 1.54) is 16.7 Å². The molecule has 1 fully saturated rings. The number of nitrogens with one attached hydrogen (secondary N) is 1. The molecule has 4 rings (SSSR count). The molecule has 1 saturated heterocycles. The van der Waals surface area contributed by atoms with Gasteiger partial charge < -0.3 is 15.3 Å². The van der Waals surface area contributed by atoms with Gasteiger partial charge in [-0.15, -0.1) is 0 Å². The summed E-state index contributed by atoms with van der Waals surface area (Å²) < 4.78 is 0. The van der Waals surface area contributed by atoms with Crippen LogP contribution in [0, 0.1) is 0 Å². The molecular weight excluding hydrogens is 374 g/mol. The summed E-state index contributed by atoms with van der Waals surface area (Å²) in [5.41, 5.74) is 5.62. The molecule has 2 aromatic carbocycles. The zero-order valence-electron chi connectivity index (χ0n) is 18.2. The summed E-state index contributed by atoms with van der Waals surface area (Å²) in [5, 5.41) is 12.7. The van der Waals surface area contributed by atoms with Crippen LogP contribution in [0.15, 0.2) is 42.5 Å². The molecule has 2 aliphatic rings. The zero-order valence-corrected chi connectivity index (χ0v) is 18.2. The molecule has 0 bridgehead atoms. The first-order chi connectivity index (χ1) is 14.5.